The van der Waals surface area contributed by atoms with Gasteiger partial charge in [-0.2, -0.15) is 11.8 Å². The normalized spacial score (nSPS) is 11.3. The van der Waals surface area contributed by atoms with Crippen LogP contribution in [-0.2, 0) is 20.6 Å². The number of benzene rings is 2. The maximum Gasteiger partial charge on any atom is 0.240 e. The highest BCUT2D eigenvalue weighted by molar-refractivity contribution is 7.98. The van der Waals surface area contributed by atoms with Crippen LogP contribution >= 0.6 is 35.0 Å². The predicted octanol–water partition coefficient (Wildman–Crippen LogP) is 4.34. The molecule has 0 saturated heterocycles. The van der Waals surface area contributed by atoms with E-state index in [0.29, 0.717) is 29.3 Å². The van der Waals surface area contributed by atoms with Crippen molar-refractivity contribution < 1.29 is 17.6 Å². The fraction of sp³-hybridized carbons (Fsp3) is 0.316. The first-order valence-corrected chi connectivity index (χ1v) is 12.4. The third-order valence-corrected chi connectivity index (χ3v) is 6.64. The van der Waals surface area contributed by atoms with Crippen molar-refractivity contribution in [3.63, 3.8) is 0 Å². The monoisotopic (exact) mass is 478 g/mol. The van der Waals surface area contributed by atoms with Gasteiger partial charge in [-0.1, -0.05) is 41.4 Å². The molecule has 158 valence electrons. The highest BCUT2D eigenvalue weighted by atomic mass is 35.5. The second kappa shape index (κ2) is 11.1. The molecule has 2 rings (SSSR count). The molecule has 29 heavy (non-hydrogen) atoms. The first kappa shape index (κ1) is 23.8. The number of sulfonamides is 1. The van der Waals surface area contributed by atoms with E-state index in [9.17, 15) is 17.6 Å². The molecular formula is C19H21Cl2FN2O3S2. The topological polar surface area (TPSA) is 66.5 Å². The number of amides is 1. The van der Waals surface area contributed by atoms with Gasteiger partial charge in [0.05, 0.1) is 17.0 Å². The Balaban J connectivity index is 1.82. The Morgan fingerprint density at radius 1 is 1.21 bits per heavy atom. The first-order chi connectivity index (χ1) is 13.7. The minimum atomic E-state index is -3.74. The van der Waals surface area contributed by atoms with Gasteiger partial charge in [-0.05, 0) is 42.0 Å². The van der Waals surface area contributed by atoms with Crippen molar-refractivity contribution in [2.75, 3.05) is 29.4 Å². The summed E-state index contributed by atoms with van der Waals surface area (Å²) >= 11 is 13.6. The van der Waals surface area contributed by atoms with Gasteiger partial charge in [0.2, 0.25) is 15.9 Å². The van der Waals surface area contributed by atoms with Crippen molar-refractivity contribution in [3.8, 4) is 0 Å². The highest BCUT2D eigenvalue weighted by Crippen LogP contribution is 2.30. The minimum Gasteiger partial charge on any atom is -0.354 e. The van der Waals surface area contributed by atoms with Gasteiger partial charge in [-0.3, -0.25) is 9.10 Å². The van der Waals surface area contributed by atoms with Crippen molar-refractivity contribution in [2.24, 2.45) is 0 Å². The number of halogens is 3. The fourth-order valence-electron chi connectivity index (χ4n) is 2.44. The molecule has 0 saturated carbocycles. The minimum absolute atomic E-state index is 0.150. The number of nitrogens with zero attached hydrogens (tertiary/aromatic N) is 1. The van der Waals surface area contributed by atoms with E-state index in [2.05, 4.69) is 5.32 Å². The molecule has 1 amide bonds. The lowest BCUT2D eigenvalue weighted by molar-refractivity contribution is -0.119. The number of carbonyl (C=O) groups is 1. The number of thioether (sulfide) groups is 1. The molecular weight excluding hydrogens is 458 g/mol. The number of nitrogens with one attached hydrogen (secondary N) is 1. The Morgan fingerprint density at radius 2 is 1.93 bits per heavy atom. The number of hydrogen-bond acceptors (Lipinski definition) is 4. The zero-order valence-corrected chi connectivity index (χ0v) is 18.8. The van der Waals surface area contributed by atoms with Crippen LogP contribution in [0.3, 0.4) is 0 Å². The first-order valence-electron chi connectivity index (χ1n) is 8.69. The average molecular weight is 479 g/mol. The van der Waals surface area contributed by atoms with Crippen LogP contribution in [0.2, 0.25) is 10.0 Å². The Kier molecular flexibility index (Phi) is 9.07. The fourth-order valence-corrected chi connectivity index (χ4v) is 4.69. The maximum atomic E-state index is 13.5. The standard InChI is InChI=1S/C19H21Cl2FN2O3S2/c1-29(26,27)24(18-11-15(20)7-8-16(18)21)12-19(25)23-9-4-10-28-13-14-5-2-3-6-17(14)22/h2-3,5-8,11H,4,9-10,12-13H2,1H3,(H,23,25). The second-order valence-electron chi connectivity index (χ2n) is 6.21. The van der Waals surface area contributed by atoms with Crippen LogP contribution in [0.5, 0.6) is 0 Å². The zero-order valence-electron chi connectivity index (χ0n) is 15.7. The molecule has 0 radical (unpaired) electrons. The summed E-state index contributed by atoms with van der Waals surface area (Å²) in [6, 6.07) is 11.0. The molecule has 0 bridgehead atoms. The van der Waals surface area contributed by atoms with Gasteiger partial charge in [-0.25, -0.2) is 12.8 Å². The van der Waals surface area contributed by atoms with E-state index in [0.717, 1.165) is 16.3 Å². The molecule has 0 unspecified atom stereocenters. The molecule has 2 aromatic rings. The Bertz CT molecular complexity index is 958. The molecule has 0 heterocycles. The summed E-state index contributed by atoms with van der Waals surface area (Å²) in [6.45, 7) is -0.0226. The van der Waals surface area contributed by atoms with Crippen molar-refractivity contribution in [2.45, 2.75) is 12.2 Å². The van der Waals surface area contributed by atoms with E-state index in [1.165, 1.54) is 24.3 Å². The van der Waals surface area contributed by atoms with Gasteiger partial charge in [-0.15, -0.1) is 0 Å². The van der Waals surface area contributed by atoms with Crippen LogP contribution in [0.1, 0.15) is 12.0 Å². The highest BCUT2D eigenvalue weighted by Gasteiger charge is 2.23. The van der Waals surface area contributed by atoms with E-state index in [1.54, 1.807) is 30.0 Å². The van der Waals surface area contributed by atoms with Crippen molar-refractivity contribution >= 4 is 56.6 Å². The Morgan fingerprint density at radius 3 is 2.62 bits per heavy atom. The second-order valence-corrected chi connectivity index (χ2v) is 10.1. The third-order valence-electron chi connectivity index (χ3n) is 3.87. The number of rotatable bonds is 10. The lowest BCUT2D eigenvalue weighted by Crippen LogP contribution is -2.40. The molecule has 0 spiro atoms. The van der Waals surface area contributed by atoms with Crippen LogP contribution in [0.15, 0.2) is 42.5 Å². The largest absolute Gasteiger partial charge is 0.354 e. The smallest absolute Gasteiger partial charge is 0.240 e. The summed E-state index contributed by atoms with van der Waals surface area (Å²) in [5.41, 5.74) is 0.793. The molecule has 0 aliphatic rings. The lowest BCUT2D eigenvalue weighted by Gasteiger charge is -2.23. The molecule has 1 N–H and O–H groups in total. The van der Waals surface area contributed by atoms with E-state index in [4.69, 9.17) is 23.2 Å². The van der Waals surface area contributed by atoms with Gasteiger partial charge in [0.1, 0.15) is 12.4 Å². The molecule has 10 heteroatoms. The summed E-state index contributed by atoms with van der Waals surface area (Å²) < 4.78 is 38.7. The lowest BCUT2D eigenvalue weighted by atomic mass is 10.2. The van der Waals surface area contributed by atoms with Crippen LogP contribution in [0.4, 0.5) is 10.1 Å². The van der Waals surface area contributed by atoms with Crippen molar-refractivity contribution in [1.29, 1.82) is 0 Å². The van der Waals surface area contributed by atoms with Crippen LogP contribution in [0.25, 0.3) is 0 Å². The molecule has 2 aromatic carbocycles. The Labute approximate surface area is 184 Å². The van der Waals surface area contributed by atoms with E-state index >= 15 is 0 Å². The summed E-state index contributed by atoms with van der Waals surface area (Å²) in [7, 11) is -3.74. The quantitative estimate of drug-likeness (QED) is 0.515. The average Bonchev–Trinajstić information content (AvgIpc) is 2.65. The molecule has 5 nitrogen and oxygen atoms in total. The number of anilines is 1. The van der Waals surface area contributed by atoms with Crippen molar-refractivity contribution in [1.82, 2.24) is 5.32 Å². The molecule has 0 aliphatic carbocycles. The predicted molar refractivity (Wildman–Crippen MR) is 119 cm³/mol. The summed E-state index contributed by atoms with van der Waals surface area (Å²) in [5, 5.41) is 3.18. The van der Waals surface area contributed by atoms with E-state index < -0.39 is 22.5 Å². The van der Waals surface area contributed by atoms with E-state index in [-0.39, 0.29) is 16.5 Å². The summed E-state index contributed by atoms with van der Waals surface area (Å²) in [5.74, 6) is 0.597. The van der Waals surface area contributed by atoms with Gasteiger partial charge in [0, 0.05) is 17.3 Å². The van der Waals surface area contributed by atoms with Crippen LogP contribution in [-0.4, -0.2) is 39.4 Å². The van der Waals surface area contributed by atoms with Gasteiger partial charge < -0.3 is 5.32 Å². The molecule has 0 aromatic heterocycles. The molecule has 0 aliphatic heterocycles. The Hall–Kier alpha value is -1.48. The SMILES string of the molecule is CS(=O)(=O)N(CC(=O)NCCCSCc1ccccc1F)c1cc(Cl)ccc1Cl. The van der Waals surface area contributed by atoms with Gasteiger partial charge in [0.15, 0.2) is 0 Å². The van der Waals surface area contributed by atoms with Crippen LogP contribution in [0, 0.1) is 5.82 Å². The maximum absolute atomic E-state index is 13.5. The number of hydrogen-bond donors (Lipinski definition) is 1. The third kappa shape index (κ3) is 7.70. The van der Waals surface area contributed by atoms with Gasteiger partial charge >= 0.3 is 0 Å². The molecule has 0 atom stereocenters. The number of carbonyl (C=O) groups excluding carboxylic acids is 1. The molecule has 0 fully saturated rings. The van der Waals surface area contributed by atoms with Gasteiger partial charge in [0.25, 0.3) is 0 Å². The summed E-state index contributed by atoms with van der Waals surface area (Å²) in [4.78, 5) is 12.2. The zero-order chi connectivity index (χ0) is 21.4. The summed E-state index contributed by atoms with van der Waals surface area (Å²) in [6.07, 6.45) is 1.67. The van der Waals surface area contributed by atoms with Crippen molar-refractivity contribution in [3.05, 3.63) is 63.9 Å². The van der Waals surface area contributed by atoms with Crippen LogP contribution < -0.4 is 9.62 Å². The van der Waals surface area contributed by atoms with E-state index in [1.807, 2.05) is 0 Å².